The third-order valence-corrected chi connectivity index (χ3v) is 3.79. The first-order valence-corrected chi connectivity index (χ1v) is 8.77. The van der Waals surface area contributed by atoms with Gasteiger partial charge < -0.3 is 4.79 Å². The highest BCUT2D eigenvalue weighted by Crippen LogP contribution is 2.12. The summed E-state index contributed by atoms with van der Waals surface area (Å²) >= 11 is 0. The Labute approximate surface area is 130 Å². The molecule has 0 fully saturated rings. The molecule has 3 heteroatoms. The van der Waals surface area contributed by atoms with Crippen LogP contribution >= 0.6 is 0 Å². The number of aldehydes is 1. The summed E-state index contributed by atoms with van der Waals surface area (Å²) in [6, 6.07) is -0.126. The van der Waals surface area contributed by atoms with E-state index >= 15 is 0 Å². The molecule has 1 atom stereocenters. The van der Waals surface area contributed by atoms with E-state index in [0.29, 0.717) is 6.42 Å². The van der Waals surface area contributed by atoms with E-state index in [1.807, 2.05) is 6.08 Å². The molecule has 122 valence electrons. The minimum atomic E-state index is -0.126. The molecule has 0 radical (unpaired) electrons. The van der Waals surface area contributed by atoms with Gasteiger partial charge in [0.2, 0.25) is 0 Å². The summed E-state index contributed by atoms with van der Waals surface area (Å²) in [7, 11) is 0. The zero-order chi connectivity index (χ0) is 15.6. The molecule has 0 heterocycles. The molecule has 21 heavy (non-hydrogen) atoms. The fourth-order valence-electron chi connectivity index (χ4n) is 2.41. The lowest BCUT2D eigenvalue weighted by Crippen LogP contribution is -1.98. The average molecular weight is 295 g/mol. The summed E-state index contributed by atoms with van der Waals surface area (Å²) in [6.07, 6.45) is 19.6. The lowest BCUT2D eigenvalue weighted by molar-refractivity contribution is -0.107. The number of allylic oxidation sites excluding steroid dienone is 1. The standard InChI is InChI=1S/C18H33NO2/c1-2-3-4-9-12-15-18(19-21)16-13-10-7-5-6-8-11-14-17-20/h12,15,17-18H,2-11,13-14,16H2,1H3. The molecule has 0 saturated carbocycles. The van der Waals surface area contributed by atoms with E-state index in [0.717, 1.165) is 38.4 Å². The largest absolute Gasteiger partial charge is 0.303 e. The first-order chi connectivity index (χ1) is 10.3. The Morgan fingerprint density at radius 2 is 1.48 bits per heavy atom. The summed E-state index contributed by atoms with van der Waals surface area (Å²) in [5.74, 6) is 0. The molecule has 0 rings (SSSR count). The summed E-state index contributed by atoms with van der Waals surface area (Å²) in [4.78, 5) is 20.9. The highest BCUT2D eigenvalue weighted by Gasteiger charge is 2.03. The van der Waals surface area contributed by atoms with E-state index in [2.05, 4.69) is 18.2 Å². The van der Waals surface area contributed by atoms with Gasteiger partial charge in [-0.1, -0.05) is 75.6 Å². The smallest absolute Gasteiger partial charge is 0.119 e. The summed E-state index contributed by atoms with van der Waals surface area (Å²) in [5, 5.41) is 3.20. The van der Waals surface area contributed by atoms with Crippen molar-refractivity contribution >= 4 is 6.29 Å². The molecule has 0 spiro atoms. The Balaban J connectivity index is 3.42. The van der Waals surface area contributed by atoms with Gasteiger partial charge in [0.25, 0.3) is 0 Å². The number of carbonyl (C=O) groups is 1. The molecule has 0 aromatic heterocycles. The molecule has 0 aliphatic heterocycles. The Hall–Kier alpha value is -0.990. The fourth-order valence-corrected chi connectivity index (χ4v) is 2.41. The van der Waals surface area contributed by atoms with Crippen molar-refractivity contribution in [3.63, 3.8) is 0 Å². The van der Waals surface area contributed by atoms with Crippen LogP contribution in [0.2, 0.25) is 0 Å². The van der Waals surface area contributed by atoms with Crippen LogP contribution in [-0.2, 0) is 4.79 Å². The zero-order valence-corrected chi connectivity index (χ0v) is 13.8. The third kappa shape index (κ3) is 15.2. The number of rotatable bonds is 16. The van der Waals surface area contributed by atoms with Crippen LogP contribution < -0.4 is 0 Å². The highest BCUT2D eigenvalue weighted by atomic mass is 16.3. The van der Waals surface area contributed by atoms with Gasteiger partial charge >= 0.3 is 0 Å². The van der Waals surface area contributed by atoms with Gasteiger partial charge in [-0.05, 0) is 25.7 Å². The van der Waals surface area contributed by atoms with Crippen molar-refractivity contribution in [2.75, 3.05) is 0 Å². The van der Waals surface area contributed by atoms with Gasteiger partial charge in [-0.2, -0.15) is 4.91 Å². The van der Waals surface area contributed by atoms with Crippen molar-refractivity contribution in [1.82, 2.24) is 0 Å². The van der Waals surface area contributed by atoms with Gasteiger partial charge in [0.1, 0.15) is 12.3 Å². The van der Waals surface area contributed by atoms with E-state index < -0.39 is 0 Å². The van der Waals surface area contributed by atoms with Gasteiger partial charge in [0.15, 0.2) is 0 Å². The molecule has 3 nitrogen and oxygen atoms in total. The molecule has 0 aliphatic rings. The van der Waals surface area contributed by atoms with Crippen molar-refractivity contribution in [2.24, 2.45) is 5.18 Å². The number of unbranched alkanes of at least 4 members (excludes halogenated alkanes) is 10. The van der Waals surface area contributed by atoms with Crippen LogP contribution in [-0.4, -0.2) is 12.3 Å². The van der Waals surface area contributed by atoms with Gasteiger partial charge in [0, 0.05) is 6.42 Å². The third-order valence-electron chi connectivity index (χ3n) is 3.79. The number of nitroso groups, excluding NO2 is 1. The van der Waals surface area contributed by atoms with E-state index in [4.69, 9.17) is 0 Å². The van der Waals surface area contributed by atoms with Gasteiger partial charge in [-0.15, -0.1) is 0 Å². The first kappa shape index (κ1) is 20.0. The Bertz CT molecular complexity index is 264. The van der Waals surface area contributed by atoms with E-state index in [1.54, 1.807) is 0 Å². The highest BCUT2D eigenvalue weighted by molar-refractivity contribution is 5.48. The van der Waals surface area contributed by atoms with Crippen molar-refractivity contribution in [3.8, 4) is 0 Å². The number of hydrogen-bond acceptors (Lipinski definition) is 3. The summed E-state index contributed by atoms with van der Waals surface area (Å²) < 4.78 is 0. The van der Waals surface area contributed by atoms with Crippen molar-refractivity contribution in [1.29, 1.82) is 0 Å². The molecule has 0 aromatic carbocycles. The van der Waals surface area contributed by atoms with Crippen molar-refractivity contribution in [2.45, 2.75) is 96.4 Å². The predicted octanol–water partition coefficient (Wildman–Crippen LogP) is 5.97. The van der Waals surface area contributed by atoms with Gasteiger partial charge in [-0.3, -0.25) is 0 Å². The van der Waals surface area contributed by atoms with Crippen LogP contribution in [0.3, 0.4) is 0 Å². The van der Waals surface area contributed by atoms with Crippen LogP contribution in [0.4, 0.5) is 0 Å². The first-order valence-electron chi connectivity index (χ1n) is 8.77. The molecular formula is C18H33NO2. The predicted molar refractivity (Wildman–Crippen MR) is 90.5 cm³/mol. The molecule has 0 amide bonds. The SMILES string of the molecule is CCCCCC=CC(CCCCCCCCCC=O)N=O. The number of carbonyl (C=O) groups excluding carboxylic acids is 1. The molecule has 0 aliphatic carbocycles. The van der Waals surface area contributed by atoms with E-state index in [1.165, 1.54) is 44.9 Å². The summed E-state index contributed by atoms with van der Waals surface area (Å²) in [6.45, 7) is 2.20. The summed E-state index contributed by atoms with van der Waals surface area (Å²) in [5.41, 5.74) is 0. The molecular weight excluding hydrogens is 262 g/mol. The zero-order valence-electron chi connectivity index (χ0n) is 13.8. The van der Waals surface area contributed by atoms with Crippen molar-refractivity contribution < 1.29 is 4.79 Å². The number of nitrogens with zero attached hydrogens (tertiary/aromatic N) is 1. The lowest BCUT2D eigenvalue weighted by Gasteiger charge is -2.04. The topological polar surface area (TPSA) is 46.5 Å². The second kappa shape index (κ2) is 17.1. The minimum Gasteiger partial charge on any atom is -0.303 e. The van der Waals surface area contributed by atoms with Gasteiger partial charge in [-0.25, -0.2) is 0 Å². The normalized spacial score (nSPS) is 12.6. The number of hydrogen-bond donors (Lipinski definition) is 0. The second-order valence-electron chi connectivity index (χ2n) is 5.82. The van der Waals surface area contributed by atoms with E-state index in [-0.39, 0.29) is 6.04 Å². The molecule has 0 N–H and O–H groups in total. The average Bonchev–Trinajstić information content (AvgIpc) is 2.51. The van der Waals surface area contributed by atoms with Crippen LogP contribution in [0.25, 0.3) is 0 Å². The Morgan fingerprint density at radius 1 is 0.857 bits per heavy atom. The van der Waals surface area contributed by atoms with Crippen LogP contribution in [0, 0.1) is 4.91 Å². The van der Waals surface area contributed by atoms with Crippen LogP contribution in [0.1, 0.15) is 90.4 Å². The van der Waals surface area contributed by atoms with Crippen molar-refractivity contribution in [3.05, 3.63) is 17.1 Å². The minimum absolute atomic E-state index is 0.126. The van der Waals surface area contributed by atoms with Crippen LogP contribution in [0.5, 0.6) is 0 Å². The molecule has 1 unspecified atom stereocenters. The monoisotopic (exact) mass is 295 g/mol. The Morgan fingerprint density at radius 3 is 2.10 bits per heavy atom. The maximum absolute atomic E-state index is 10.8. The van der Waals surface area contributed by atoms with E-state index in [9.17, 15) is 9.70 Å². The lowest BCUT2D eigenvalue weighted by atomic mass is 10.0. The maximum atomic E-state index is 10.8. The maximum Gasteiger partial charge on any atom is 0.119 e. The molecule has 0 bridgehead atoms. The Kier molecular flexibility index (Phi) is 16.3. The molecule has 0 saturated heterocycles. The quantitative estimate of drug-likeness (QED) is 0.152. The van der Waals surface area contributed by atoms with Gasteiger partial charge in [0.05, 0.1) is 0 Å². The second-order valence-corrected chi connectivity index (χ2v) is 5.82. The molecule has 0 aromatic rings. The van der Waals surface area contributed by atoms with Crippen LogP contribution in [0.15, 0.2) is 17.3 Å². The fraction of sp³-hybridized carbons (Fsp3) is 0.833.